The first-order valence-corrected chi connectivity index (χ1v) is 10.0. The van der Waals surface area contributed by atoms with Gasteiger partial charge in [0.15, 0.2) is 0 Å². The molecule has 0 radical (unpaired) electrons. The summed E-state index contributed by atoms with van der Waals surface area (Å²) in [5.74, 6) is -1.03. The molecule has 158 valence electrons. The van der Waals surface area contributed by atoms with Crippen LogP contribution in [0.3, 0.4) is 0 Å². The van der Waals surface area contributed by atoms with Crippen LogP contribution < -0.4 is 4.74 Å². The number of aliphatic hydroxyl groups is 1. The molecule has 0 spiro atoms. The zero-order valence-electron chi connectivity index (χ0n) is 17.1. The molecule has 0 aromatic heterocycles. The number of methoxy groups -OCH3 is 1. The van der Waals surface area contributed by atoms with Crippen molar-refractivity contribution in [3.63, 3.8) is 0 Å². The number of aliphatic hydroxyl groups excluding tert-OH is 1. The Morgan fingerprint density at radius 3 is 2.47 bits per heavy atom. The average Bonchev–Trinajstić information content (AvgIpc) is 2.98. The number of likely N-dealkylation sites (tertiary alicyclic amines) is 1. The molecule has 1 aliphatic heterocycles. The van der Waals surface area contributed by atoms with Gasteiger partial charge in [-0.05, 0) is 43.7 Å². The number of rotatable bonds is 7. The molecule has 30 heavy (non-hydrogen) atoms. The Morgan fingerprint density at radius 2 is 1.87 bits per heavy atom. The van der Waals surface area contributed by atoms with Gasteiger partial charge in [-0.15, -0.1) is 0 Å². The molecular formula is C23H24ClNO5. The van der Waals surface area contributed by atoms with Crippen LogP contribution in [0.15, 0.2) is 54.1 Å². The minimum absolute atomic E-state index is 0.00674. The van der Waals surface area contributed by atoms with Crippen LogP contribution in [0.2, 0.25) is 5.02 Å². The van der Waals surface area contributed by atoms with E-state index >= 15 is 0 Å². The molecule has 0 aliphatic carbocycles. The van der Waals surface area contributed by atoms with Crippen molar-refractivity contribution in [2.24, 2.45) is 0 Å². The summed E-state index contributed by atoms with van der Waals surface area (Å²) in [7, 11) is 1.56. The summed E-state index contributed by atoms with van der Waals surface area (Å²) >= 11 is 6.05. The number of carbonyl (C=O) groups is 2. The summed E-state index contributed by atoms with van der Waals surface area (Å²) in [6.45, 7) is 4.28. The van der Waals surface area contributed by atoms with Crippen LogP contribution in [0.25, 0.3) is 5.76 Å². The molecule has 1 unspecified atom stereocenters. The summed E-state index contributed by atoms with van der Waals surface area (Å²) in [4.78, 5) is 27.2. The third kappa shape index (κ3) is 4.50. The summed E-state index contributed by atoms with van der Waals surface area (Å²) in [5, 5.41) is 11.4. The van der Waals surface area contributed by atoms with E-state index in [-0.39, 0.29) is 30.6 Å². The van der Waals surface area contributed by atoms with Crippen LogP contribution in [0.4, 0.5) is 0 Å². The van der Waals surface area contributed by atoms with Crippen LogP contribution in [0.1, 0.15) is 31.0 Å². The minimum Gasteiger partial charge on any atom is -0.507 e. The molecule has 2 aromatic rings. The number of carbonyl (C=O) groups excluding carboxylic acids is 2. The number of benzene rings is 2. The second-order valence-electron chi connectivity index (χ2n) is 7.20. The first kappa shape index (κ1) is 21.9. The monoisotopic (exact) mass is 429 g/mol. The highest BCUT2D eigenvalue weighted by Gasteiger charge is 2.45. The Hall–Kier alpha value is -2.83. The topological polar surface area (TPSA) is 76.1 Å². The summed E-state index contributed by atoms with van der Waals surface area (Å²) in [6.07, 6.45) is -0.00674. The van der Waals surface area contributed by atoms with Gasteiger partial charge in [-0.25, -0.2) is 0 Å². The lowest BCUT2D eigenvalue weighted by molar-refractivity contribution is -0.140. The molecule has 1 aliphatic rings. The van der Waals surface area contributed by atoms with Gasteiger partial charge in [-0.1, -0.05) is 35.9 Å². The Labute approximate surface area is 180 Å². The van der Waals surface area contributed by atoms with Gasteiger partial charge in [0.25, 0.3) is 11.7 Å². The van der Waals surface area contributed by atoms with Gasteiger partial charge in [0.1, 0.15) is 11.5 Å². The number of halogens is 1. The van der Waals surface area contributed by atoms with E-state index in [0.717, 1.165) is 0 Å². The predicted molar refractivity (Wildman–Crippen MR) is 115 cm³/mol. The van der Waals surface area contributed by atoms with Crippen molar-refractivity contribution in [3.05, 3.63) is 70.3 Å². The van der Waals surface area contributed by atoms with Crippen molar-refractivity contribution in [1.29, 1.82) is 0 Å². The Bertz CT molecular complexity index is 968. The van der Waals surface area contributed by atoms with E-state index < -0.39 is 17.7 Å². The highest BCUT2D eigenvalue weighted by molar-refractivity contribution is 6.46. The fourth-order valence-corrected chi connectivity index (χ4v) is 3.61. The second kappa shape index (κ2) is 9.32. The lowest BCUT2D eigenvalue weighted by Gasteiger charge is -2.25. The highest BCUT2D eigenvalue weighted by Crippen LogP contribution is 2.39. The molecule has 7 heteroatoms. The molecule has 1 heterocycles. The maximum absolute atomic E-state index is 12.9. The Kier molecular flexibility index (Phi) is 6.80. The van der Waals surface area contributed by atoms with Crippen molar-refractivity contribution in [2.45, 2.75) is 26.0 Å². The van der Waals surface area contributed by atoms with Gasteiger partial charge >= 0.3 is 0 Å². The first-order chi connectivity index (χ1) is 14.3. The summed E-state index contributed by atoms with van der Waals surface area (Å²) in [5.41, 5.74) is 1.08. The second-order valence-corrected chi connectivity index (χ2v) is 7.63. The molecule has 1 saturated heterocycles. The molecule has 1 N–H and O–H groups in total. The quantitative estimate of drug-likeness (QED) is 0.405. The van der Waals surface area contributed by atoms with Crippen LogP contribution in [-0.2, 0) is 14.3 Å². The normalized spacial score (nSPS) is 18.3. The van der Waals surface area contributed by atoms with Gasteiger partial charge in [0, 0.05) is 17.1 Å². The molecule has 1 atom stereocenters. The molecule has 3 rings (SSSR count). The van der Waals surface area contributed by atoms with Gasteiger partial charge in [-0.2, -0.15) is 0 Å². The lowest BCUT2D eigenvalue weighted by atomic mass is 9.95. The van der Waals surface area contributed by atoms with E-state index in [9.17, 15) is 14.7 Å². The SMILES string of the molecule is COc1ccc(C2/C(=C(/O)c3cccc(Cl)c3)C(=O)C(=O)N2CCOC(C)C)cc1. The molecule has 0 bridgehead atoms. The van der Waals surface area contributed by atoms with Gasteiger partial charge in [-0.3, -0.25) is 9.59 Å². The molecule has 0 saturated carbocycles. The maximum Gasteiger partial charge on any atom is 0.295 e. The van der Waals surface area contributed by atoms with Crippen molar-refractivity contribution >= 4 is 29.1 Å². The van der Waals surface area contributed by atoms with E-state index in [4.69, 9.17) is 21.1 Å². The fraction of sp³-hybridized carbons (Fsp3) is 0.304. The fourth-order valence-electron chi connectivity index (χ4n) is 3.42. The molecule has 2 aromatic carbocycles. The van der Waals surface area contributed by atoms with Gasteiger partial charge in [0.2, 0.25) is 0 Å². The third-order valence-electron chi connectivity index (χ3n) is 4.85. The van der Waals surface area contributed by atoms with Crippen molar-refractivity contribution in [2.75, 3.05) is 20.3 Å². The van der Waals surface area contributed by atoms with Crippen LogP contribution in [0.5, 0.6) is 5.75 Å². The van der Waals surface area contributed by atoms with Gasteiger partial charge < -0.3 is 19.5 Å². The van der Waals surface area contributed by atoms with Crippen molar-refractivity contribution < 1.29 is 24.2 Å². The number of ether oxygens (including phenoxy) is 2. The van der Waals surface area contributed by atoms with E-state index in [1.54, 1.807) is 55.6 Å². The number of hydrogen-bond acceptors (Lipinski definition) is 5. The Morgan fingerprint density at radius 1 is 1.17 bits per heavy atom. The van der Waals surface area contributed by atoms with E-state index in [1.165, 1.54) is 4.90 Å². The first-order valence-electron chi connectivity index (χ1n) is 9.63. The zero-order valence-corrected chi connectivity index (χ0v) is 17.8. The van der Waals surface area contributed by atoms with Crippen molar-refractivity contribution in [1.82, 2.24) is 4.90 Å². The average molecular weight is 430 g/mol. The molecule has 1 fully saturated rings. The predicted octanol–water partition coefficient (Wildman–Crippen LogP) is 4.20. The van der Waals surface area contributed by atoms with Gasteiger partial charge in [0.05, 0.1) is 31.4 Å². The number of nitrogens with zero attached hydrogens (tertiary/aromatic N) is 1. The number of amides is 1. The molecule has 1 amide bonds. The van der Waals surface area contributed by atoms with E-state index in [1.807, 2.05) is 13.8 Å². The zero-order chi connectivity index (χ0) is 21.8. The van der Waals surface area contributed by atoms with Crippen LogP contribution >= 0.6 is 11.6 Å². The lowest BCUT2D eigenvalue weighted by Crippen LogP contribution is -2.33. The van der Waals surface area contributed by atoms with Crippen LogP contribution in [-0.4, -0.2) is 48.1 Å². The van der Waals surface area contributed by atoms with Crippen molar-refractivity contribution in [3.8, 4) is 5.75 Å². The summed E-state index contributed by atoms with van der Waals surface area (Å²) in [6, 6.07) is 12.8. The van der Waals surface area contributed by atoms with Crippen LogP contribution in [0, 0.1) is 0 Å². The highest BCUT2D eigenvalue weighted by atomic mass is 35.5. The third-order valence-corrected chi connectivity index (χ3v) is 5.09. The number of hydrogen-bond donors (Lipinski definition) is 1. The summed E-state index contributed by atoms with van der Waals surface area (Å²) < 4.78 is 10.8. The largest absolute Gasteiger partial charge is 0.507 e. The Balaban J connectivity index is 2.09. The molecular weight excluding hydrogens is 406 g/mol. The maximum atomic E-state index is 12.9. The standard InChI is InChI=1S/C23H24ClNO5/c1-14(2)30-12-11-25-20(15-7-9-18(29-3)10-8-15)19(22(27)23(25)28)21(26)16-5-4-6-17(24)13-16/h4-10,13-14,20,26H,11-12H2,1-3H3/b21-19-. The smallest absolute Gasteiger partial charge is 0.295 e. The number of Topliss-reactive ketones (excluding diaryl/α,β-unsaturated/α-hetero) is 1. The minimum atomic E-state index is -0.745. The number of ketones is 1. The molecule has 6 nitrogen and oxygen atoms in total. The van der Waals surface area contributed by atoms with E-state index in [0.29, 0.717) is 21.9 Å². The van der Waals surface area contributed by atoms with E-state index in [2.05, 4.69) is 0 Å².